The third-order valence-electron chi connectivity index (χ3n) is 3.69. The van der Waals surface area contributed by atoms with Gasteiger partial charge in [0.2, 0.25) is 11.9 Å². The molecule has 0 aliphatic carbocycles. The lowest BCUT2D eigenvalue weighted by Crippen LogP contribution is -1.92. The summed E-state index contributed by atoms with van der Waals surface area (Å²) in [6, 6.07) is 12.1. The van der Waals surface area contributed by atoms with E-state index in [0.29, 0.717) is 0 Å². The number of H-pyrrole nitrogens is 1. The Hall–Kier alpha value is -1.99. The zero-order valence-corrected chi connectivity index (χ0v) is 15.3. The fraction of sp³-hybridized carbons (Fsp3) is 0.176. The molecule has 0 spiro atoms. The molecule has 1 aliphatic rings. The van der Waals surface area contributed by atoms with Gasteiger partial charge in [-0.25, -0.2) is 4.98 Å². The number of fused-ring (bicyclic) bond motifs is 1. The number of hydrogen-bond acceptors (Lipinski definition) is 5. The second-order valence-electron chi connectivity index (χ2n) is 5.42. The van der Waals surface area contributed by atoms with Crippen LogP contribution in [0.5, 0.6) is 11.5 Å². The van der Waals surface area contributed by atoms with Gasteiger partial charge >= 0.3 is 0 Å². The van der Waals surface area contributed by atoms with Gasteiger partial charge in [-0.3, -0.25) is 5.10 Å². The molecule has 0 saturated carbocycles. The standard InChI is InChI=1S/C17H14BrN3O2S/c1-10-2-4-11(5-3-10)16-19-17(21-20-16)24-8-12-6-14-15(7-13(12)18)23-9-22-14/h2-7H,8-9H2,1H3,(H,19,20,21). The lowest BCUT2D eigenvalue weighted by Gasteiger charge is -2.04. The van der Waals surface area contributed by atoms with Crippen LogP contribution in [0.1, 0.15) is 11.1 Å². The topological polar surface area (TPSA) is 60.0 Å². The summed E-state index contributed by atoms with van der Waals surface area (Å²) < 4.78 is 11.8. The van der Waals surface area contributed by atoms with Crippen LogP contribution in [-0.2, 0) is 5.75 Å². The van der Waals surface area contributed by atoms with E-state index in [1.54, 1.807) is 11.8 Å². The summed E-state index contributed by atoms with van der Waals surface area (Å²) in [7, 11) is 0. The maximum absolute atomic E-state index is 5.43. The molecule has 0 fully saturated rings. The lowest BCUT2D eigenvalue weighted by atomic mass is 10.1. The molecular formula is C17H14BrN3O2S. The first kappa shape index (κ1) is 15.5. The van der Waals surface area contributed by atoms with Crippen molar-refractivity contribution in [3.8, 4) is 22.9 Å². The fourth-order valence-electron chi connectivity index (χ4n) is 2.36. The van der Waals surface area contributed by atoms with E-state index >= 15 is 0 Å². The molecule has 1 N–H and O–H groups in total. The zero-order chi connectivity index (χ0) is 16.5. The second-order valence-corrected chi connectivity index (χ2v) is 7.22. The van der Waals surface area contributed by atoms with Gasteiger partial charge in [0.25, 0.3) is 0 Å². The van der Waals surface area contributed by atoms with Crippen LogP contribution in [0, 0.1) is 6.92 Å². The highest BCUT2D eigenvalue weighted by Gasteiger charge is 2.17. The maximum atomic E-state index is 5.43. The Kier molecular flexibility index (Phi) is 4.20. The summed E-state index contributed by atoms with van der Waals surface area (Å²) >= 11 is 5.15. The Bertz CT molecular complexity index is 880. The van der Waals surface area contributed by atoms with Gasteiger partial charge in [-0.15, -0.1) is 5.10 Å². The molecule has 2 aromatic carbocycles. The predicted molar refractivity (Wildman–Crippen MR) is 96.4 cm³/mol. The Morgan fingerprint density at radius 3 is 2.71 bits per heavy atom. The Morgan fingerprint density at radius 2 is 1.92 bits per heavy atom. The van der Waals surface area contributed by atoms with Crippen molar-refractivity contribution >= 4 is 27.7 Å². The van der Waals surface area contributed by atoms with Crippen molar-refractivity contribution < 1.29 is 9.47 Å². The van der Waals surface area contributed by atoms with E-state index in [4.69, 9.17) is 9.47 Å². The molecule has 0 saturated heterocycles. The number of aromatic amines is 1. The summed E-state index contributed by atoms with van der Waals surface area (Å²) in [5.41, 5.74) is 3.37. The highest BCUT2D eigenvalue weighted by Crippen LogP contribution is 2.38. The highest BCUT2D eigenvalue weighted by atomic mass is 79.9. The van der Waals surface area contributed by atoms with Gasteiger partial charge in [0.15, 0.2) is 17.3 Å². The molecule has 0 bridgehead atoms. The molecule has 7 heteroatoms. The zero-order valence-electron chi connectivity index (χ0n) is 12.9. The molecule has 1 aromatic heterocycles. The molecule has 5 nitrogen and oxygen atoms in total. The normalized spacial score (nSPS) is 12.6. The quantitative estimate of drug-likeness (QED) is 0.646. The average molecular weight is 404 g/mol. The molecule has 4 rings (SSSR count). The van der Waals surface area contributed by atoms with Crippen molar-refractivity contribution in [2.45, 2.75) is 17.8 Å². The predicted octanol–water partition coefficient (Wildman–Crippen LogP) is 4.56. The van der Waals surface area contributed by atoms with Crippen molar-refractivity contribution in [2.24, 2.45) is 0 Å². The van der Waals surface area contributed by atoms with Crippen molar-refractivity contribution in [3.05, 3.63) is 52.0 Å². The number of thioether (sulfide) groups is 1. The monoisotopic (exact) mass is 403 g/mol. The summed E-state index contributed by atoms with van der Waals surface area (Å²) in [4.78, 5) is 4.55. The smallest absolute Gasteiger partial charge is 0.231 e. The maximum Gasteiger partial charge on any atom is 0.231 e. The van der Waals surface area contributed by atoms with E-state index in [-0.39, 0.29) is 6.79 Å². The number of benzene rings is 2. The number of halogens is 1. The molecule has 0 atom stereocenters. The van der Waals surface area contributed by atoms with Crippen LogP contribution in [0.3, 0.4) is 0 Å². The molecule has 24 heavy (non-hydrogen) atoms. The summed E-state index contributed by atoms with van der Waals surface area (Å²) in [6.45, 7) is 2.34. The number of hydrogen-bond donors (Lipinski definition) is 1. The first-order chi connectivity index (χ1) is 11.7. The lowest BCUT2D eigenvalue weighted by molar-refractivity contribution is 0.174. The molecule has 0 radical (unpaired) electrons. The van der Waals surface area contributed by atoms with Crippen LogP contribution in [0.2, 0.25) is 0 Å². The van der Waals surface area contributed by atoms with Crippen molar-refractivity contribution in [2.75, 3.05) is 6.79 Å². The van der Waals surface area contributed by atoms with E-state index in [0.717, 1.165) is 43.8 Å². The van der Waals surface area contributed by atoms with E-state index in [1.165, 1.54) is 5.56 Å². The van der Waals surface area contributed by atoms with E-state index in [2.05, 4.69) is 50.2 Å². The molecule has 122 valence electrons. The molecular weight excluding hydrogens is 390 g/mol. The minimum atomic E-state index is 0.277. The Morgan fingerprint density at radius 1 is 1.17 bits per heavy atom. The van der Waals surface area contributed by atoms with Gasteiger partial charge in [0.05, 0.1) is 0 Å². The summed E-state index contributed by atoms with van der Waals surface area (Å²) in [6.07, 6.45) is 0. The number of nitrogens with zero attached hydrogens (tertiary/aromatic N) is 2. The fourth-order valence-corrected chi connectivity index (χ4v) is 3.80. The van der Waals surface area contributed by atoms with Crippen LogP contribution in [-0.4, -0.2) is 22.0 Å². The van der Waals surface area contributed by atoms with E-state index in [9.17, 15) is 0 Å². The third-order valence-corrected chi connectivity index (χ3v) is 5.32. The Balaban J connectivity index is 1.48. The van der Waals surface area contributed by atoms with Gasteiger partial charge in [0.1, 0.15) is 0 Å². The van der Waals surface area contributed by atoms with Crippen LogP contribution in [0.4, 0.5) is 0 Å². The van der Waals surface area contributed by atoms with Gasteiger partial charge < -0.3 is 9.47 Å². The number of aryl methyl sites for hydroxylation is 1. The second kappa shape index (κ2) is 6.49. The van der Waals surface area contributed by atoms with Gasteiger partial charge in [-0.1, -0.05) is 57.5 Å². The molecule has 0 amide bonds. The van der Waals surface area contributed by atoms with Crippen LogP contribution >= 0.6 is 27.7 Å². The van der Waals surface area contributed by atoms with Gasteiger partial charge in [0, 0.05) is 15.8 Å². The number of nitrogens with one attached hydrogen (secondary N) is 1. The van der Waals surface area contributed by atoms with Crippen LogP contribution in [0.15, 0.2) is 46.0 Å². The van der Waals surface area contributed by atoms with E-state index in [1.807, 2.05) is 24.3 Å². The molecule has 0 unspecified atom stereocenters. The minimum Gasteiger partial charge on any atom is -0.454 e. The van der Waals surface area contributed by atoms with Crippen molar-refractivity contribution in [1.29, 1.82) is 0 Å². The SMILES string of the molecule is Cc1ccc(-c2nc(SCc3cc4c(cc3Br)OCO4)n[nH]2)cc1. The molecule has 2 heterocycles. The third kappa shape index (κ3) is 3.14. The highest BCUT2D eigenvalue weighted by molar-refractivity contribution is 9.10. The number of aromatic nitrogens is 3. The van der Waals surface area contributed by atoms with E-state index < -0.39 is 0 Å². The molecule has 1 aliphatic heterocycles. The van der Waals surface area contributed by atoms with Gasteiger partial charge in [-0.2, -0.15) is 0 Å². The average Bonchev–Trinajstić information content (AvgIpc) is 3.22. The number of ether oxygens (including phenoxy) is 2. The summed E-state index contributed by atoms with van der Waals surface area (Å²) in [5, 5.41) is 8.00. The van der Waals surface area contributed by atoms with Crippen LogP contribution in [0.25, 0.3) is 11.4 Å². The van der Waals surface area contributed by atoms with Crippen molar-refractivity contribution in [1.82, 2.24) is 15.2 Å². The first-order valence-corrected chi connectivity index (χ1v) is 9.17. The van der Waals surface area contributed by atoms with Crippen molar-refractivity contribution in [3.63, 3.8) is 0 Å². The first-order valence-electron chi connectivity index (χ1n) is 7.39. The van der Waals surface area contributed by atoms with Gasteiger partial charge in [-0.05, 0) is 24.6 Å². The van der Waals surface area contributed by atoms with Crippen LogP contribution < -0.4 is 9.47 Å². The largest absolute Gasteiger partial charge is 0.454 e. The summed E-state index contributed by atoms with van der Waals surface area (Å²) in [5.74, 6) is 3.07. The molecule has 3 aromatic rings. The minimum absolute atomic E-state index is 0.277. The number of rotatable bonds is 4. The Labute approximate surface area is 151 Å².